The molecule has 2 unspecified atom stereocenters. The molecule has 0 bridgehead atoms. The first kappa shape index (κ1) is 15.6. The van der Waals surface area contributed by atoms with Gasteiger partial charge in [0, 0.05) is 12.4 Å². The summed E-state index contributed by atoms with van der Waals surface area (Å²) in [6, 6.07) is 3.80. The van der Waals surface area contributed by atoms with Crippen LogP contribution in [0.4, 0.5) is 4.39 Å². The summed E-state index contributed by atoms with van der Waals surface area (Å²) in [5.41, 5.74) is 0.311. The number of hydrogen-bond donors (Lipinski definition) is 1. The van der Waals surface area contributed by atoms with Gasteiger partial charge < -0.3 is 5.32 Å². The van der Waals surface area contributed by atoms with Crippen LogP contribution in [-0.4, -0.2) is 18.3 Å². The molecule has 1 N–H and O–H groups in total. The van der Waals surface area contributed by atoms with Gasteiger partial charge in [0.2, 0.25) is 0 Å². The lowest BCUT2D eigenvalue weighted by Crippen LogP contribution is -2.35. The third-order valence-electron chi connectivity index (χ3n) is 3.97. The van der Waals surface area contributed by atoms with Gasteiger partial charge in [-0.05, 0) is 42.9 Å². The van der Waals surface area contributed by atoms with E-state index in [1.54, 1.807) is 0 Å². The maximum absolute atomic E-state index is 13.0. The average Bonchev–Trinajstić information content (AvgIpc) is 2.45. The number of hydrogen-bond acceptors (Lipinski definition) is 1. The minimum atomic E-state index is -0.443. The Balaban J connectivity index is 1.94. The molecule has 1 aliphatic rings. The highest BCUT2D eigenvalue weighted by Gasteiger charge is 2.25. The summed E-state index contributed by atoms with van der Waals surface area (Å²) < 4.78 is 13.0. The second kappa shape index (κ2) is 7.28. The zero-order valence-corrected chi connectivity index (χ0v) is 12.7. The van der Waals surface area contributed by atoms with Gasteiger partial charge in [-0.1, -0.05) is 24.4 Å². The van der Waals surface area contributed by atoms with Gasteiger partial charge in [-0.2, -0.15) is 0 Å². The van der Waals surface area contributed by atoms with Crippen LogP contribution < -0.4 is 5.32 Å². The van der Waals surface area contributed by atoms with Crippen molar-refractivity contribution in [1.82, 2.24) is 5.32 Å². The van der Waals surface area contributed by atoms with Crippen LogP contribution in [-0.2, 0) is 0 Å². The topological polar surface area (TPSA) is 29.1 Å². The van der Waals surface area contributed by atoms with Crippen molar-refractivity contribution in [2.75, 3.05) is 12.4 Å². The fraction of sp³-hybridized carbons (Fsp3) is 0.533. The molecule has 1 fully saturated rings. The number of rotatable bonds is 4. The highest BCUT2D eigenvalue weighted by Crippen LogP contribution is 2.30. The molecule has 2 rings (SSSR count). The molecule has 0 spiro atoms. The van der Waals surface area contributed by atoms with Crippen LogP contribution in [0.15, 0.2) is 18.2 Å². The van der Waals surface area contributed by atoms with Crippen LogP contribution in [0.5, 0.6) is 0 Å². The number of alkyl halides is 1. The van der Waals surface area contributed by atoms with Crippen molar-refractivity contribution in [3.63, 3.8) is 0 Å². The molecule has 5 heteroatoms. The Labute approximate surface area is 128 Å². The summed E-state index contributed by atoms with van der Waals surface area (Å²) in [6.07, 6.45) is 4.62. The second-order valence-corrected chi connectivity index (χ2v) is 6.01. The fourth-order valence-electron chi connectivity index (χ4n) is 2.75. The summed E-state index contributed by atoms with van der Waals surface area (Å²) in [6.45, 7) is 0.601. The lowest BCUT2D eigenvalue weighted by Gasteiger charge is -2.30. The summed E-state index contributed by atoms with van der Waals surface area (Å²) >= 11 is 11.9. The van der Waals surface area contributed by atoms with Gasteiger partial charge in [-0.3, -0.25) is 4.79 Å². The van der Waals surface area contributed by atoms with Crippen LogP contribution in [0.2, 0.25) is 5.02 Å². The molecule has 0 radical (unpaired) electrons. The smallest absolute Gasteiger partial charge is 0.252 e. The van der Waals surface area contributed by atoms with Crippen LogP contribution >= 0.6 is 23.2 Å². The van der Waals surface area contributed by atoms with Gasteiger partial charge >= 0.3 is 0 Å². The van der Waals surface area contributed by atoms with Crippen molar-refractivity contribution in [3.8, 4) is 0 Å². The van der Waals surface area contributed by atoms with Crippen molar-refractivity contribution in [2.45, 2.75) is 25.7 Å². The van der Waals surface area contributed by atoms with E-state index in [1.165, 1.54) is 25.0 Å². The van der Waals surface area contributed by atoms with E-state index in [0.29, 0.717) is 29.8 Å². The third kappa shape index (κ3) is 3.86. The molecule has 0 aliphatic heterocycles. The van der Waals surface area contributed by atoms with Gasteiger partial charge in [0.05, 0.1) is 10.6 Å². The number of amides is 1. The fourth-order valence-corrected chi connectivity index (χ4v) is 3.41. The first-order chi connectivity index (χ1) is 9.61. The van der Waals surface area contributed by atoms with E-state index in [-0.39, 0.29) is 10.9 Å². The standard InChI is InChI=1S/C15H18Cl2FNO/c16-8-10-3-1-2-4-11(10)9-19-15(20)13-6-5-12(18)7-14(13)17/h5-7,10-11H,1-4,8-9H2,(H,19,20). The predicted octanol–water partition coefficient (Wildman–Crippen LogP) is 4.25. The number of carbonyl (C=O) groups is 1. The molecule has 2 atom stereocenters. The van der Waals surface area contributed by atoms with Crippen molar-refractivity contribution in [3.05, 3.63) is 34.6 Å². The molecule has 1 saturated carbocycles. The zero-order valence-electron chi connectivity index (χ0n) is 11.2. The summed E-state index contributed by atoms with van der Waals surface area (Å²) in [5, 5.41) is 3.03. The molecule has 1 aromatic rings. The van der Waals surface area contributed by atoms with Gasteiger partial charge in [0.25, 0.3) is 5.91 Å². The number of carbonyl (C=O) groups excluding carboxylic acids is 1. The molecule has 1 aliphatic carbocycles. The Bertz CT molecular complexity index is 481. The van der Waals surface area contributed by atoms with E-state index in [0.717, 1.165) is 18.9 Å². The highest BCUT2D eigenvalue weighted by molar-refractivity contribution is 6.33. The van der Waals surface area contributed by atoms with Gasteiger partial charge in [-0.25, -0.2) is 4.39 Å². The first-order valence-electron chi connectivity index (χ1n) is 6.91. The monoisotopic (exact) mass is 317 g/mol. The minimum Gasteiger partial charge on any atom is -0.352 e. The van der Waals surface area contributed by atoms with Crippen molar-refractivity contribution >= 4 is 29.1 Å². The van der Waals surface area contributed by atoms with E-state index in [2.05, 4.69) is 5.32 Å². The molecule has 20 heavy (non-hydrogen) atoms. The molecule has 1 amide bonds. The minimum absolute atomic E-state index is 0.139. The van der Waals surface area contributed by atoms with E-state index < -0.39 is 5.82 Å². The molecule has 0 heterocycles. The number of benzene rings is 1. The first-order valence-corrected chi connectivity index (χ1v) is 7.82. The molecule has 2 nitrogen and oxygen atoms in total. The molecular weight excluding hydrogens is 300 g/mol. The van der Waals surface area contributed by atoms with Crippen molar-refractivity contribution in [2.24, 2.45) is 11.8 Å². The number of halogens is 3. The predicted molar refractivity (Wildman–Crippen MR) is 79.9 cm³/mol. The van der Waals surface area contributed by atoms with Crippen LogP contribution in [0.25, 0.3) is 0 Å². The van der Waals surface area contributed by atoms with Gasteiger partial charge in [0.15, 0.2) is 0 Å². The van der Waals surface area contributed by atoms with Crippen LogP contribution in [0, 0.1) is 17.7 Å². The summed E-state index contributed by atoms with van der Waals surface area (Å²) in [5.74, 6) is 0.825. The maximum Gasteiger partial charge on any atom is 0.252 e. The number of nitrogens with one attached hydrogen (secondary N) is 1. The highest BCUT2D eigenvalue weighted by atomic mass is 35.5. The van der Waals surface area contributed by atoms with Gasteiger partial charge in [0.1, 0.15) is 5.82 Å². The zero-order chi connectivity index (χ0) is 14.5. The average molecular weight is 318 g/mol. The summed E-state index contributed by atoms with van der Waals surface area (Å²) in [7, 11) is 0. The largest absolute Gasteiger partial charge is 0.352 e. The molecule has 1 aromatic carbocycles. The van der Waals surface area contributed by atoms with E-state index in [4.69, 9.17) is 23.2 Å². The van der Waals surface area contributed by atoms with Gasteiger partial charge in [-0.15, -0.1) is 11.6 Å². The lowest BCUT2D eigenvalue weighted by atomic mass is 9.80. The molecule has 0 aromatic heterocycles. The Hall–Kier alpha value is -0.800. The van der Waals surface area contributed by atoms with E-state index in [9.17, 15) is 9.18 Å². The Morgan fingerprint density at radius 2 is 2.00 bits per heavy atom. The SMILES string of the molecule is O=C(NCC1CCCCC1CCl)c1ccc(F)cc1Cl. The maximum atomic E-state index is 13.0. The second-order valence-electron chi connectivity index (χ2n) is 5.29. The molecule has 0 saturated heterocycles. The molecular formula is C15H18Cl2FNO. The normalized spacial score (nSPS) is 22.6. The van der Waals surface area contributed by atoms with Crippen LogP contribution in [0.3, 0.4) is 0 Å². The summed E-state index contributed by atoms with van der Waals surface area (Å²) in [4.78, 5) is 12.1. The quantitative estimate of drug-likeness (QED) is 0.826. The van der Waals surface area contributed by atoms with E-state index in [1.807, 2.05) is 0 Å². The van der Waals surface area contributed by atoms with Crippen molar-refractivity contribution < 1.29 is 9.18 Å². The molecule has 110 valence electrons. The van der Waals surface area contributed by atoms with E-state index >= 15 is 0 Å². The van der Waals surface area contributed by atoms with Crippen LogP contribution in [0.1, 0.15) is 36.0 Å². The third-order valence-corrected chi connectivity index (χ3v) is 4.67. The Kier molecular flexibility index (Phi) is 5.67. The Morgan fingerprint density at radius 3 is 2.65 bits per heavy atom. The van der Waals surface area contributed by atoms with Crippen molar-refractivity contribution in [1.29, 1.82) is 0 Å². The Morgan fingerprint density at radius 1 is 1.30 bits per heavy atom. The lowest BCUT2D eigenvalue weighted by molar-refractivity contribution is 0.0937.